The third kappa shape index (κ3) is 2.89. The van der Waals surface area contributed by atoms with Gasteiger partial charge in [0, 0.05) is 24.8 Å². The van der Waals surface area contributed by atoms with Crippen molar-refractivity contribution in [1.82, 2.24) is 0 Å². The molecule has 0 atom stereocenters. The topological polar surface area (TPSA) is 46.3 Å². The lowest BCUT2D eigenvalue weighted by Crippen LogP contribution is -2.27. The monoisotopic (exact) mass is 268 g/mol. The zero-order valence-electron chi connectivity index (χ0n) is 12.2. The standard InChI is InChI=1S/C17H20N2O/c1-12-8-13(2)10-15(9-12)17(20)19(3)16-7-5-4-6-14(16)11-18/h4-10H,11,18H2,1-3H3. The highest BCUT2D eigenvalue weighted by atomic mass is 16.2. The molecule has 0 aromatic heterocycles. The van der Waals surface area contributed by atoms with E-state index < -0.39 is 0 Å². The van der Waals surface area contributed by atoms with E-state index in [9.17, 15) is 4.79 Å². The smallest absolute Gasteiger partial charge is 0.258 e. The van der Waals surface area contributed by atoms with Gasteiger partial charge in [0.15, 0.2) is 0 Å². The van der Waals surface area contributed by atoms with Gasteiger partial charge in [0.1, 0.15) is 0 Å². The highest BCUT2D eigenvalue weighted by Gasteiger charge is 2.16. The molecule has 0 bridgehead atoms. The van der Waals surface area contributed by atoms with Crippen molar-refractivity contribution in [2.45, 2.75) is 20.4 Å². The number of para-hydroxylation sites is 1. The molecular weight excluding hydrogens is 248 g/mol. The van der Waals surface area contributed by atoms with Crippen molar-refractivity contribution in [3.8, 4) is 0 Å². The number of carbonyl (C=O) groups is 1. The molecule has 3 heteroatoms. The minimum atomic E-state index is -0.0160. The molecule has 0 heterocycles. The normalized spacial score (nSPS) is 10.4. The van der Waals surface area contributed by atoms with Crippen LogP contribution in [0.3, 0.4) is 0 Å². The summed E-state index contributed by atoms with van der Waals surface area (Å²) in [4.78, 5) is 14.3. The van der Waals surface area contributed by atoms with Crippen LogP contribution in [-0.4, -0.2) is 13.0 Å². The van der Waals surface area contributed by atoms with E-state index in [1.807, 2.05) is 50.2 Å². The molecule has 3 nitrogen and oxygen atoms in total. The highest BCUT2D eigenvalue weighted by molar-refractivity contribution is 6.06. The summed E-state index contributed by atoms with van der Waals surface area (Å²) >= 11 is 0. The van der Waals surface area contributed by atoms with E-state index in [2.05, 4.69) is 6.07 Å². The van der Waals surface area contributed by atoms with Crippen LogP contribution < -0.4 is 10.6 Å². The number of nitrogens with zero attached hydrogens (tertiary/aromatic N) is 1. The van der Waals surface area contributed by atoms with Gasteiger partial charge in [-0.05, 0) is 37.6 Å². The highest BCUT2D eigenvalue weighted by Crippen LogP contribution is 2.21. The number of benzene rings is 2. The van der Waals surface area contributed by atoms with E-state index in [0.29, 0.717) is 12.1 Å². The lowest BCUT2D eigenvalue weighted by molar-refractivity contribution is 0.0992. The average molecular weight is 268 g/mol. The van der Waals surface area contributed by atoms with Gasteiger partial charge in [0.05, 0.1) is 0 Å². The first-order valence-corrected chi connectivity index (χ1v) is 6.67. The molecular formula is C17H20N2O. The first-order chi connectivity index (χ1) is 9.52. The summed E-state index contributed by atoms with van der Waals surface area (Å²) in [5.74, 6) is -0.0160. The second kappa shape index (κ2) is 5.88. The molecule has 104 valence electrons. The SMILES string of the molecule is Cc1cc(C)cc(C(=O)N(C)c2ccccc2CN)c1. The third-order valence-electron chi connectivity index (χ3n) is 3.35. The Balaban J connectivity index is 2.37. The van der Waals surface area contributed by atoms with Crippen molar-refractivity contribution < 1.29 is 4.79 Å². The quantitative estimate of drug-likeness (QED) is 0.930. The van der Waals surface area contributed by atoms with Gasteiger partial charge in [-0.25, -0.2) is 0 Å². The van der Waals surface area contributed by atoms with Crippen molar-refractivity contribution in [3.05, 3.63) is 64.7 Å². The van der Waals surface area contributed by atoms with E-state index in [4.69, 9.17) is 5.73 Å². The summed E-state index contributed by atoms with van der Waals surface area (Å²) in [6, 6.07) is 13.6. The van der Waals surface area contributed by atoms with Crippen LogP contribution in [0.5, 0.6) is 0 Å². The number of nitrogens with two attached hydrogens (primary N) is 1. The predicted octanol–water partition coefficient (Wildman–Crippen LogP) is 3.04. The Bertz CT molecular complexity index is 614. The molecule has 2 aromatic rings. The van der Waals surface area contributed by atoms with Crippen LogP contribution in [0.15, 0.2) is 42.5 Å². The number of rotatable bonds is 3. The number of hydrogen-bond donors (Lipinski definition) is 1. The van der Waals surface area contributed by atoms with Gasteiger partial charge in [0.2, 0.25) is 0 Å². The van der Waals surface area contributed by atoms with Crippen molar-refractivity contribution >= 4 is 11.6 Å². The molecule has 0 saturated heterocycles. The van der Waals surface area contributed by atoms with E-state index >= 15 is 0 Å². The summed E-state index contributed by atoms with van der Waals surface area (Å²) in [7, 11) is 1.79. The zero-order valence-corrected chi connectivity index (χ0v) is 12.2. The van der Waals surface area contributed by atoms with Gasteiger partial charge in [-0.1, -0.05) is 35.4 Å². The van der Waals surface area contributed by atoms with Crippen molar-refractivity contribution in [1.29, 1.82) is 0 Å². The van der Waals surface area contributed by atoms with Crippen LogP contribution in [0.25, 0.3) is 0 Å². The van der Waals surface area contributed by atoms with E-state index in [-0.39, 0.29) is 5.91 Å². The molecule has 0 aliphatic carbocycles. The fourth-order valence-corrected chi connectivity index (χ4v) is 2.41. The van der Waals surface area contributed by atoms with Crippen LogP contribution in [-0.2, 0) is 6.54 Å². The van der Waals surface area contributed by atoms with Gasteiger partial charge in [-0.2, -0.15) is 0 Å². The maximum atomic E-state index is 12.6. The van der Waals surface area contributed by atoms with E-state index in [1.54, 1.807) is 11.9 Å². The van der Waals surface area contributed by atoms with Gasteiger partial charge in [-0.15, -0.1) is 0 Å². The molecule has 2 aromatic carbocycles. The van der Waals surface area contributed by atoms with Crippen molar-refractivity contribution in [2.24, 2.45) is 5.73 Å². The van der Waals surface area contributed by atoms with Crippen LogP contribution in [0.2, 0.25) is 0 Å². The number of anilines is 1. The minimum absolute atomic E-state index is 0.0160. The minimum Gasteiger partial charge on any atom is -0.326 e. The Morgan fingerprint density at radius 1 is 1.10 bits per heavy atom. The van der Waals surface area contributed by atoms with Gasteiger partial charge in [0.25, 0.3) is 5.91 Å². The summed E-state index contributed by atoms with van der Waals surface area (Å²) in [5, 5.41) is 0. The molecule has 0 radical (unpaired) electrons. The molecule has 1 amide bonds. The van der Waals surface area contributed by atoms with Crippen LogP contribution in [0.4, 0.5) is 5.69 Å². The molecule has 2 rings (SSSR count). The Morgan fingerprint density at radius 2 is 1.70 bits per heavy atom. The van der Waals surface area contributed by atoms with Crippen LogP contribution in [0, 0.1) is 13.8 Å². The lowest BCUT2D eigenvalue weighted by Gasteiger charge is -2.20. The molecule has 0 aliphatic rings. The van der Waals surface area contributed by atoms with Crippen molar-refractivity contribution in [2.75, 3.05) is 11.9 Å². The molecule has 0 aliphatic heterocycles. The Labute approximate surface area is 120 Å². The average Bonchev–Trinajstić information content (AvgIpc) is 2.44. The van der Waals surface area contributed by atoms with E-state index in [0.717, 1.165) is 22.4 Å². The summed E-state index contributed by atoms with van der Waals surface area (Å²) in [6.07, 6.45) is 0. The maximum Gasteiger partial charge on any atom is 0.258 e. The summed E-state index contributed by atoms with van der Waals surface area (Å²) in [6.45, 7) is 4.41. The second-order valence-corrected chi connectivity index (χ2v) is 5.07. The molecule has 0 unspecified atom stereocenters. The summed E-state index contributed by atoms with van der Waals surface area (Å²) in [5.41, 5.74) is 10.5. The summed E-state index contributed by atoms with van der Waals surface area (Å²) < 4.78 is 0. The molecule has 20 heavy (non-hydrogen) atoms. The fraction of sp³-hybridized carbons (Fsp3) is 0.235. The number of aryl methyl sites for hydroxylation is 2. The van der Waals surface area contributed by atoms with Crippen molar-refractivity contribution in [3.63, 3.8) is 0 Å². The molecule has 0 spiro atoms. The van der Waals surface area contributed by atoms with Crippen LogP contribution in [0.1, 0.15) is 27.0 Å². The number of amides is 1. The van der Waals surface area contributed by atoms with Gasteiger partial charge in [-0.3, -0.25) is 4.79 Å². The largest absolute Gasteiger partial charge is 0.326 e. The number of hydrogen-bond acceptors (Lipinski definition) is 2. The number of carbonyl (C=O) groups excluding carboxylic acids is 1. The first-order valence-electron chi connectivity index (χ1n) is 6.67. The fourth-order valence-electron chi connectivity index (χ4n) is 2.41. The maximum absolute atomic E-state index is 12.6. The van der Waals surface area contributed by atoms with E-state index in [1.165, 1.54) is 0 Å². The Kier molecular flexibility index (Phi) is 4.20. The first kappa shape index (κ1) is 14.3. The molecule has 2 N–H and O–H groups in total. The third-order valence-corrected chi connectivity index (χ3v) is 3.35. The molecule has 0 saturated carbocycles. The predicted molar refractivity (Wildman–Crippen MR) is 83.0 cm³/mol. The van der Waals surface area contributed by atoms with Gasteiger partial charge >= 0.3 is 0 Å². The lowest BCUT2D eigenvalue weighted by atomic mass is 10.1. The molecule has 0 fully saturated rings. The Morgan fingerprint density at radius 3 is 2.30 bits per heavy atom. The second-order valence-electron chi connectivity index (χ2n) is 5.07. The zero-order chi connectivity index (χ0) is 14.7. The van der Waals surface area contributed by atoms with Gasteiger partial charge < -0.3 is 10.6 Å². The Hall–Kier alpha value is -2.13. The van der Waals surface area contributed by atoms with Crippen LogP contribution >= 0.6 is 0 Å².